The maximum absolute atomic E-state index is 12.7. The molecule has 0 saturated carbocycles. The summed E-state index contributed by atoms with van der Waals surface area (Å²) in [4.78, 5) is 14.6. The van der Waals surface area contributed by atoms with Crippen LogP contribution >= 0.6 is 12.4 Å². The van der Waals surface area contributed by atoms with Crippen LogP contribution in [0.3, 0.4) is 0 Å². The Labute approximate surface area is 139 Å². The summed E-state index contributed by atoms with van der Waals surface area (Å²) in [5, 5.41) is 0. The lowest BCUT2D eigenvalue weighted by atomic mass is 9.92. The van der Waals surface area contributed by atoms with Gasteiger partial charge in [-0.3, -0.25) is 4.79 Å². The lowest BCUT2D eigenvalue weighted by molar-refractivity contribution is 0.0573. The van der Waals surface area contributed by atoms with Crippen molar-refractivity contribution < 1.29 is 9.53 Å². The van der Waals surface area contributed by atoms with Gasteiger partial charge in [-0.1, -0.05) is 19.9 Å². The molecule has 5 heteroatoms. The summed E-state index contributed by atoms with van der Waals surface area (Å²) in [6, 6.07) is 7.62. The number of piperidine rings is 1. The topological polar surface area (TPSA) is 55.6 Å². The molecule has 0 bridgehead atoms. The lowest BCUT2D eigenvalue weighted by Crippen LogP contribution is -2.49. The lowest BCUT2D eigenvalue weighted by Gasteiger charge is -2.38. The van der Waals surface area contributed by atoms with Crippen molar-refractivity contribution in [2.75, 3.05) is 19.7 Å². The minimum atomic E-state index is 0. The van der Waals surface area contributed by atoms with E-state index < -0.39 is 0 Å². The van der Waals surface area contributed by atoms with Crippen LogP contribution in [0, 0.1) is 5.92 Å². The van der Waals surface area contributed by atoms with E-state index in [0.717, 1.165) is 31.6 Å². The molecule has 2 unspecified atom stereocenters. The second-order valence-corrected chi connectivity index (χ2v) is 5.89. The first kappa shape index (κ1) is 18.8. The first-order valence-corrected chi connectivity index (χ1v) is 7.89. The molecule has 1 aliphatic rings. The molecule has 0 aliphatic carbocycles. The van der Waals surface area contributed by atoms with E-state index in [1.54, 1.807) is 0 Å². The molecular weight excluding hydrogens is 300 g/mol. The molecule has 1 heterocycles. The second kappa shape index (κ2) is 9.01. The van der Waals surface area contributed by atoms with E-state index in [9.17, 15) is 4.79 Å². The summed E-state index contributed by atoms with van der Waals surface area (Å²) < 4.78 is 5.61. The molecule has 1 fully saturated rings. The van der Waals surface area contributed by atoms with Gasteiger partial charge < -0.3 is 15.4 Å². The molecule has 1 aromatic carbocycles. The summed E-state index contributed by atoms with van der Waals surface area (Å²) in [6.45, 7) is 6.29. The average molecular weight is 327 g/mol. The first-order valence-electron chi connectivity index (χ1n) is 7.89. The Bertz CT molecular complexity index is 481. The van der Waals surface area contributed by atoms with Crippen molar-refractivity contribution in [2.45, 2.75) is 39.2 Å². The van der Waals surface area contributed by atoms with Gasteiger partial charge in [-0.15, -0.1) is 12.4 Å². The number of likely N-dealkylation sites (tertiary alicyclic amines) is 1. The Hall–Kier alpha value is -1.26. The zero-order chi connectivity index (χ0) is 15.2. The second-order valence-electron chi connectivity index (χ2n) is 5.89. The van der Waals surface area contributed by atoms with Crippen LogP contribution < -0.4 is 10.5 Å². The van der Waals surface area contributed by atoms with Crippen molar-refractivity contribution in [3.8, 4) is 5.75 Å². The number of carbonyl (C=O) groups is 1. The molecule has 22 heavy (non-hydrogen) atoms. The third kappa shape index (κ3) is 4.62. The Morgan fingerprint density at radius 1 is 1.45 bits per heavy atom. The number of amides is 1. The minimum Gasteiger partial charge on any atom is -0.494 e. The fourth-order valence-electron chi connectivity index (χ4n) is 2.85. The van der Waals surface area contributed by atoms with Crippen LogP contribution in [0.2, 0.25) is 0 Å². The standard InChI is InChI=1S/C17H26N2O2.ClH/c1-3-9-21-16-6-4-5-14(11-16)17(20)19-8-7-13(2)10-15(19)12-18;/h4-6,11,13,15H,3,7-10,12,18H2,1-2H3;1H. The van der Waals surface area contributed by atoms with Gasteiger partial charge >= 0.3 is 0 Å². The monoisotopic (exact) mass is 326 g/mol. The van der Waals surface area contributed by atoms with Crippen molar-refractivity contribution in [1.29, 1.82) is 0 Å². The average Bonchev–Trinajstić information content (AvgIpc) is 2.52. The highest BCUT2D eigenvalue weighted by Crippen LogP contribution is 2.24. The minimum absolute atomic E-state index is 0. The van der Waals surface area contributed by atoms with Crippen LogP contribution in [0.1, 0.15) is 43.5 Å². The molecule has 1 aromatic rings. The SMILES string of the molecule is CCCOc1cccc(C(=O)N2CCC(C)CC2CN)c1.Cl. The molecular formula is C17H27ClN2O2. The van der Waals surface area contributed by atoms with Crippen LogP contribution in [0.25, 0.3) is 0 Å². The van der Waals surface area contributed by atoms with Crippen molar-refractivity contribution in [3.05, 3.63) is 29.8 Å². The molecule has 0 radical (unpaired) electrons. The summed E-state index contributed by atoms with van der Waals surface area (Å²) in [6.07, 6.45) is 3.00. The maximum atomic E-state index is 12.7. The maximum Gasteiger partial charge on any atom is 0.254 e. The normalized spacial score (nSPS) is 21.1. The van der Waals surface area contributed by atoms with Crippen molar-refractivity contribution in [2.24, 2.45) is 11.7 Å². The van der Waals surface area contributed by atoms with Gasteiger partial charge in [0.25, 0.3) is 5.91 Å². The van der Waals surface area contributed by atoms with Gasteiger partial charge in [0.15, 0.2) is 0 Å². The highest BCUT2D eigenvalue weighted by atomic mass is 35.5. The van der Waals surface area contributed by atoms with Crippen LogP contribution in [0.4, 0.5) is 0 Å². The number of halogens is 1. The molecule has 1 aliphatic heterocycles. The van der Waals surface area contributed by atoms with Gasteiger partial charge in [0.1, 0.15) is 5.75 Å². The van der Waals surface area contributed by atoms with Gasteiger partial charge in [0.05, 0.1) is 6.61 Å². The summed E-state index contributed by atoms with van der Waals surface area (Å²) in [7, 11) is 0. The number of hydrogen-bond donors (Lipinski definition) is 1. The zero-order valence-electron chi connectivity index (χ0n) is 13.5. The quantitative estimate of drug-likeness (QED) is 0.904. The van der Waals surface area contributed by atoms with Gasteiger partial charge in [-0.2, -0.15) is 0 Å². The number of ether oxygens (including phenoxy) is 1. The fourth-order valence-corrected chi connectivity index (χ4v) is 2.85. The molecule has 2 atom stereocenters. The number of benzene rings is 1. The van der Waals surface area contributed by atoms with Crippen molar-refractivity contribution >= 4 is 18.3 Å². The van der Waals surface area contributed by atoms with E-state index in [-0.39, 0.29) is 24.4 Å². The predicted octanol–water partition coefficient (Wildman–Crippen LogP) is 3.10. The summed E-state index contributed by atoms with van der Waals surface area (Å²) in [5.41, 5.74) is 6.54. The van der Waals surface area contributed by atoms with Crippen LogP contribution in [0.15, 0.2) is 24.3 Å². The molecule has 2 N–H and O–H groups in total. The van der Waals surface area contributed by atoms with E-state index in [4.69, 9.17) is 10.5 Å². The van der Waals surface area contributed by atoms with Crippen LogP contribution in [-0.4, -0.2) is 36.5 Å². The van der Waals surface area contributed by atoms with Gasteiger partial charge in [0, 0.05) is 24.7 Å². The van der Waals surface area contributed by atoms with Crippen molar-refractivity contribution in [1.82, 2.24) is 4.90 Å². The number of rotatable bonds is 5. The highest BCUT2D eigenvalue weighted by molar-refractivity contribution is 5.94. The van der Waals surface area contributed by atoms with Crippen molar-refractivity contribution in [3.63, 3.8) is 0 Å². The summed E-state index contributed by atoms with van der Waals surface area (Å²) in [5.74, 6) is 1.47. The van der Waals surface area contributed by atoms with E-state index in [0.29, 0.717) is 24.6 Å². The molecule has 0 spiro atoms. The molecule has 0 aromatic heterocycles. The van der Waals surface area contributed by atoms with Gasteiger partial charge in [-0.05, 0) is 43.4 Å². The molecule has 1 saturated heterocycles. The molecule has 124 valence electrons. The Morgan fingerprint density at radius 2 is 2.23 bits per heavy atom. The van der Waals surface area contributed by atoms with E-state index in [1.807, 2.05) is 29.2 Å². The number of hydrogen-bond acceptors (Lipinski definition) is 3. The Balaban J connectivity index is 0.00000242. The van der Waals surface area contributed by atoms with E-state index >= 15 is 0 Å². The summed E-state index contributed by atoms with van der Waals surface area (Å²) >= 11 is 0. The highest BCUT2D eigenvalue weighted by Gasteiger charge is 2.29. The van der Waals surface area contributed by atoms with Crippen LogP contribution in [0.5, 0.6) is 5.75 Å². The first-order chi connectivity index (χ1) is 10.2. The Kier molecular flexibility index (Phi) is 7.69. The number of carbonyl (C=O) groups excluding carboxylic acids is 1. The Morgan fingerprint density at radius 3 is 2.91 bits per heavy atom. The largest absolute Gasteiger partial charge is 0.494 e. The molecule has 4 nitrogen and oxygen atoms in total. The third-order valence-corrected chi connectivity index (χ3v) is 4.06. The zero-order valence-corrected chi connectivity index (χ0v) is 14.3. The van der Waals surface area contributed by atoms with E-state index in [2.05, 4.69) is 13.8 Å². The van der Waals surface area contributed by atoms with Gasteiger partial charge in [0.2, 0.25) is 0 Å². The number of nitrogens with zero attached hydrogens (tertiary/aromatic N) is 1. The fraction of sp³-hybridized carbons (Fsp3) is 0.588. The van der Waals surface area contributed by atoms with Crippen LogP contribution in [-0.2, 0) is 0 Å². The molecule has 1 amide bonds. The smallest absolute Gasteiger partial charge is 0.254 e. The predicted molar refractivity (Wildman–Crippen MR) is 91.8 cm³/mol. The van der Waals surface area contributed by atoms with Gasteiger partial charge in [-0.25, -0.2) is 0 Å². The third-order valence-electron chi connectivity index (χ3n) is 4.06. The van der Waals surface area contributed by atoms with E-state index in [1.165, 1.54) is 0 Å². The number of nitrogens with two attached hydrogens (primary N) is 1. The molecule has 2 rings (SSSR count).